The van der Waals surface area contributed by atoms with Crippen molar-refractivity contribution in [2.45, 2.75) is 6.54 Å². The van der Waals surface area contributed by atoms with Gasteiger partial charge in [0.2, 0.25) is 5.91 Å². The molecule has 1 N–H and O–H groups in total. The maximum absolute atomic E-state index is 11.9. The fourth-order valence-corrected chi connectivity index (χ4v) is 2.63. The number of methoxy groups -OCH3 is 3. The van der Waals surface area contributed by atoms with Crippen LogP contribution in [0.15, 0.2) is 35.7 Å². The molecular weight excluding hydrogens is 314 g/mol. The third-order valence-corrected chi connectivity index (χ3v) is 4.02. The first-order valence-electron chi connectivity index (χ1n) is 6.96. The lowest BCUT2D eigenvalue weighted by atomic mass is 10.1. The summed E-state index contributed by atoms with van der Waals surface area (Å²) in [7, 11) is 4.70. The summed E-state index contributed by atoms with van der Waals surface area (Å²) in [5.74, 6) is 1.63. The molecule has 1 heterocycles. The maximum atomic E-state index is 11.9. The van der Waals surface area contributed by atoms with Gasteiger partial charge in [0.05, 0.1) is 21.3 Å². The molecule has 0 saturated carbocycles. The van der Waals surface area contributed by atoms with E-state index < -0.39 is 0 Å². The van der Waals surface area contributed by atoms with Gasteiger partial charge in [0.15, 0.2) is 11.5 Å². The third-order valence-electron chi connectivity index (χ3n) is 3.18. The van der Waals surface area contributed by atoms with Crippen molar-refractivity contribution in [3.63, 3.8) is 0 Å². The predicted octanol–water partition coefficient (Wildman–Crippen LogP) is 3.10. The molecule has 2 aromatic rings. The van der Waals surface area contributed by atoms with Gasteiger partial charge in [-0.1, -0.05) is 6.07 Å². The minimum absolute atomic E-state index is 0.171. The highest BCUT2D eigenvalue weighted by atomic mass is 32.1. The first-order chi connectivity index (χ1) is 11.2. The van der Waals surface area contributed by atoms with E-state index in [2.05, 4.69) is 5.32 Å². The van der Waals surface area contributed by atoms with Crippen molar-refractivity contribution < 1.29 is 19.0 Å². The van der Waals surface area contributed by atoms with Crippen molar-refractivity contribution in [3.8, 4) is 17.2 Å². The van der Waals surface area contributed by atoms with Crippen molar-refractivity contribution in [1.29, 1.82) is 0 Å². The minimum atomic E-state index is -0.171. The highest BCUT2D eigenvalue weighted by molar-refractivity contribution is 7.10. The van der Waals surface area contributed by atoms with E-state index in [1.165, 1.54) is 6.08 Å². The minimum Gasteiger partial charge on any atom is -0.496 e. The van der Waals surface area contributed by atoms with Crippen LogP contribution in [0.2, 0.25) is 0 Å². The average Bonchev–Trinajstić information content (AvgIpc) is 3.10. The van der Waals surface area contributed by atoms with Gasteiger partial charge in [-0.2, -0.15) is 0 Å². The molecule has 0 bridgehead atoms. The number of carbonyl (C=O) groups is 1. The van der Waals surface area contributed by atoms with E-state index in [1.807, 2.05) is 17.5 Å². The lowest BCUT2D eigenvalue weighted by Gasteiger charge is -2.14. The van der Waals surface area contributed by atoms with Crippen LogP contribution in [0.5, 0.6) is 17.2 Å². The first kappa shape index (κ1) is 16.9. The van der Waals surface area contributed by atoms with Crippen LogP contribution in [-0.4, -0.2) is 27.2 Å². The van der Waals surface area contributed by atoms with Gasteiger partial charge in [-0.3, -0.25) is 4.79 Å². The van der Waals surface area contributed by atoms with Crippen molar-refractivity contribution in [3.05, 3.63) is 46.2 Å². The molecule has 1 amide bonds. The Balaban J connectivity index is 2.05. The van der Waals surface area contributed by atoms with Gasteiger partial charge in [-0.25, -0.2) is 0 Å². The molecule has 6 heteroatoms. The Hall–Kier alpha value is -2.47. The zero-order valence-corrected chi connectivity index (χ0v) is 14.1. The maximum Gasteiger partial charge on any atom is 0.244 e. The number of nitrogens with one attached hydrogen (secondary N) is 1. The number of benzene rings is 1. The normalized spacial score (nSPS) is 10.6. The van der Waals surface area contributed by atoms with Gasteiger partial charge in [0, 0.05) is 29.1 Å². The largest absolute Gasteiger partial charge is 0.496 e. The average molecular weight is 333 g/mol. The molecule has 0 aliphatic heterocycles. The Morgan fingerprint density at radius 1 is 1.13 bits per heavy atom. The van der Waals surface area contributed by atoms with Gasteiger partial charge < -0.3 is 19.5 Å². The van der Waals surface area contributed by atoms with E-state index >= 15 is 0 Å². The van der Waals surface area contributed by atoms with Crippen LogP contribution in [0.25, 0.3) is 6.08 Å². The Morgan fingerprint density at radius 3 is 2.43 bits per heavy atom. The molecule has 23 heavy (non-hydrogen) atoms. The van der Waals surface area contributed by atoms with Crippen LogP contribution in [-0.2, 0) is 11.3 Å². The Kier molecular flexibility index (Phi) is 6.05. The monoisotopic (exact) mass is 333 g/mol. The van der Waals surface area contributed by atoms with E-state index in [0.717, 1.165) is 10.4 Å². The van der Waals surface area contributed by atoms with Gasteiger partial charge in [0.25, 0.3) is 0 Å². The summed E-state index contributed by atoms with van der Waals surface area (Å²) in [6, 6.07) is 7.42. The SMILES string of the molecule is COc1cc(OC)c(OC)cc1CNC(=O)/C=C/c1cccs1. The lowest BCUT2D eigenvalue weighted by Crippen LogP contribution is -2.20. The molecule has 1 aromatic carbocycles. The fraction of sp³-hybridized carbons (Fsp3) is 0.235. The van der Waals surface area contributed by atoms with Crippen molar-refractivity contribution in [2.24, 2.45) is 0 Å². The van der Waals surface area contributed by atoms with E-state index in [-0.39, 0.29) is 5.91 Å². The fourth-order valence-electron chi connectivity index (χ4n) is 2.02. The van der Waals surface area contributed by atoms with Crippen LogP contribution in [0.4, 0.5) is 0 Å². The van der Waals surface area contributed by atoms with E-state index in [9.17, 15) is 4.79 Å². The molecule has 2 rings (SSSR count). The number of carbonyl (C=O) groups excluding carboxylic acids is 1. The highest BCUT2D eigenvalue weighted by Crippen LogP contribution is 2.34. The number of amides is 1. The second-order valence-electron chi connectivity index (χ2n) is 4.59. The zero-order valence-electron chi connectivity index (χ0n) is 13.3. The van der Waals surface area contributed by atoms with Crippen molar-refractivity contribution in [2.75, 3.05) is 21.3 Å². The summed E-state index contributed by atoms with van der Waals surface area (Å²) in [6.07, 6.45) is 3.30. The van der Waals surface area contributed by atoms with Crippen LogP contribution < -0.4 is 19.5 Å². The summed E-state index contributed by atoms with van der Waals surface area (Å²) < 4.78 is 15.8. The van der Waals surface area contributed by atoms with Gasteiger partial charge >= 0.3 is 0 Å². The first-order valence-corrected chi connectivity index (χ1v) is 7.84. The molecule has 122 valence electrons. The van der Waals surface area contributed by atoms with Crippen LogP contribution >= 0.6 is 11.3 Å². The Bertz CT molecular complexity index is 680. The topological polar surface area (TPSA) is 56.8 Å². The number of hydrogen-bond acceptors (Lipinski definition) is 5. The molecular formula is C17H19NO4S. The predicted molar refractivity (Wildman–Crippen MR) is 91.3 cm³/mol. The quantitative estimate of drug-likeness (QED) is 0.791. The molecule has 0 atom stereocenters. The molecule has 0 unspecified atom stereocenters. The number of hydrogen-bond donors (Lipinski definition) is 1. The Morgan fingerprint density at radius 2 is 1.83 bits per heavy atom. The van der Waals surface area contributed by atoms with E-state index in [4.69, 9.17) is 14.2 Å². The molecule has 0 aliphatic carbocycles. The summed E-state index contributed by atoms with van der Waals surface area (Å²) in [5, 5.41) is 4.79. The smallest absolute Gasteiger partial charge is 0.244 e. The molecule has 0 aliphatic rings. The molecule has 0 radical (unpaired) electrons. The van der Waals surface area contributed by atoms with Crippen LogP contribution in [0, 0.1) is 0 Å². The zero-order chi connectivity index (χ0) is 16.7. The Labute approximate surface area is 139 Å². The summed E-state index contributed by atoms with van der Waals surface area (Å²) in [4.78, 5) is 12.9. The van der Waals surface area contributed by atoms with Crippen LogP contribution in [0.1, 0.15) is 10.4 Å². The highest BCUT2D eigenvalue weighted by Gasteiger charge is 2.12. The van der Waals surface area contributed by atoms with Gasteiger partial charge in [-0.05, 0) is 23.6 Å². The van der Waals surface area contributed by atoms with Crippen molar-refractivity contribution in [1.82, 2.24) is 5.32 Å². The molecule has 5 nitrogen and oxygen atoms in total. The summed E-state index contributed by atoms with van der Waals surface area (Å²) in [6.45, 7) is 0.330. The lowest BCUT2D eigenvalue weighted by molar-refractivity contribution is -0.116. The van der Waals surface area contributed by atoms with Gasteiger partial charge in [-0.15, -0.1) is 11.3 Å². The van der Waals surface area contributed by atoms with Crippen LogP contribution in [0.3, 0.4) is 0 Å². The van der Waals surface area contributed by atoms with E-state index in [0.29, 0.717) is 23.8 Å². The summed E-state index contributed by atoms with van der Waals surface area (Å²) in [5.41, 5.74) is 0.808. The number of ether oxygens (including phenoxy) is 3. The standard InChI is InChI=1S/C17H19NO4S/c1-20-14-10-16(22-3)15(21-2)9-12(14)11-18-17(19)7-6-13-5-4-8-23-13/h4-10H,11H2,1-3H3,(H,18,19)/b7-6+. The molecule has 1 aromatic heterocycles. The van der Waals surface area contributed by atoms with E-state index in [1.54, 1.807) is 50.9 Å². The van der Waals surface area contributed by atoms with Gasteiger partial charge in [0.1, 0.15) is 5.75 Å². The second-order valence-corrected chi connectivity index (χ2v) is 5.56. The number of thiophene rings is 1. The van der Waals surface area contributed by atoms with Crippen molar-refractivity contribution >= 4 is 23.3 Å². The molecule has 0 spiro atoms. The summed E-state index contributed by atoms with van der Waals surface area (Å²) >= 11 is 1.58. The molecule has 0 fully saturated rings. The third kappa shape index (κ3) is 4.50. The molecule has 0 saturated heterocycles. The second kappa shape index (κ2) is 8.24. The number of rotatable bonds is 7.